The molecule has 0 atom stereocenters. The largest absolute Gasteiger partial charge is 0.369 e. The van der Waals surface area contributed by atoms with Gasteiger partial charge in [0.15, 0.2) is 0 Å². The van der Waals surface area contributed by atoms with Crippen LogP contribution in [0.4, 0.5) is 20.2 Å². The fraction of sp³-hybridized carbons (Fsp3) is 0.357. The molecule has 1 aromatic heterocycles. The maximum Gasteiger partial charge on any atom is 0.251 e. The van der Waals surface area contributed by atoms with Gasteiger partial charge in [-0.15, -0.1) is 0 Å². The van der Waals surface area contributed by atoms with Crippen LogP contribution in [0.15, 0.2) is 35.6 Å². The van der Waals surface area contributed by atoms with Crippen molar-refractivity contribution in [2.24, 2.45) is 5.11 Å². The predicted molar refractivity (Wildman–Crippen MR) is 76.9 cm³/mol. The second-order valence-electron chi connectivity index (χ2n) is 5.07. The minimum Gasteiger partial charge on any atom is -0.369 e. The molecule has 5 nitrogen and oxygen atoms in total. The summed E-state index contributed by atoms with van der Waals surface area (Å²) < 4.78 is 26.6. The van der Waals surface area contributed by atoms with E-state index in [0.717, 1.165) is 16.6 Å². The average Bonchev–Trinajstić information content (AvgIpc) is 2.47. The van der Waals surface area contributed by atoms with Crippen molar-refractivity contribution in [2.75, 3.05) is 18.0 Å². The second-order valence-corrected chi connectivity index (χ2v) is 5.07. The van der Waals surface area contributed by atoms with Crippen molar-refractivity contribution >= 4 is 22.3 Å². The van der Waals surface area contributed by atoms with Gasteiger partial charge in [0.1, 0.15) is 0 Å². The molecule has 1 aliphatic rings. The number of aromatic nitrogens is 1. The van der Waals surface area contributed by atoms with Gasteiger partial charge in [0.25, 0.3) is 5.92 Å². The second kappa shape index (κ2) is 5.18. The summed E-state index contributed by atoms with van der Waals surface area (Å²) >= 11 is 0. The van der Waals surface area contributed by atoms with E-state index in [9.17, 15) is 8.78 Å². The Balaban J connectivity index is 2.06. The quantitative estimate of drug-likeness (QED) is 0.467. The average molecular weight is 289 g/mol. The Hall–Kier alpha value is -2.40. The molecular formula is C14H13F2N5. The third kappa shape index (κ3) is 2.73. The van der Waals surface area contributed by atoms with E-state index in [1.165, 1.54) is 0 Å². The van der Waals surface area contributed by atoms with Crippen LogP contribution in [0, 0.1) is 0 Å². The van der Waals surface area contributed by atoms with Crippen LogP contribution in [-0.2, 0) is 0 Å². The molecule has 1 aliphatic heterocycles. The fourth-order valence-corrected chi connectivity index (χ4v) is 2.58. The number of nitrogens with zero attached hydrogens (tertiary/aromatic N) is 5. The molecule has 2 aromatic rings. The van der Waals surface area contributed by atoms with E-state index in [2.05, 4.69) is 15.0 Å². The first-order valence-corrected chi connectivity index (χ1v) is 6.66. The van der Waals surface area contributed by atoms with E-state index >= 15 is 0 Å². The lowest BCUT2D eigenvalue weighted by Crippen LogP contribution is -2.39. The summed E-state index contributed by atoms with van der Waals surface area (Å²) in [5.41, 5.74) is 10.5. The topological polar surface area (TPSA) is 64.9 Å². The number of fused-ring (bicyclic) bond motifs is 1. The Labute approximate surface area is 119 Å². The molecule has 0 spiro atoms. The van der Waals surface area contributed by atoms with Crippen LogP contribution >= 0.6 is 0 Å². The zero-order valence-electron chi connectivity index (χ0n) is 11.2. The van der Waals surface area contributed by atoms with E-state index < -0.39 is 5.92 Å². The van der Waals surface area contributed by atoms with Gasteiger partial charge >= 0.3 is 0 Å². The van der Waals surface area contributed by atoms with Gasteiger partial charge in [-0.05, 0) is 23.7 Å². The van der Waals surface area contributed by atoms with Gasteiger partial charge < -0.3 is 4.90 Å². The lowest BCUT2D eigenvalue weighted by molar-refractivity contribution is -0.0220. The van der Waals surface area contributed by atoms with Crippen molar-refractivity contribution in [3.8, 4) is 0 Å². The summed E-state index contributed by atoms with van der Waals surface area (Å²) in [6.45, 7) is 0.525. The van der Waals surface area contributed by atoms with Crippen molar-refractivity contribution in [1.29, 1.82) is 0 Å². The van der Waals surface area contributed by atoms with Gasteiger partial charge in [-0.2, -0.15) is 0 Å². The highest BCUT2D eigenvalue weighted by Crippen LogP contribution is 2.35. The Morgan fingerprint density at radius 1 is 1.29 bits per heavy atom. The normalized spacial score (nSPS) is 17.5. The number of benzene rings is 1. The number of halogens is 2. The number of rotatable bonds is 2. The van der Waals surface area contributed by atoms with Crippen LogP contribution in [0.5, 0.6) is 0 Å². The summed E-state index contributed by atoms with van der Waals surface area (Å²) in [5, 5.41) is 4.45. The SMILES string of the molecule is [N-]=[N+]=Nc1cc(N2CCC(F)(F)CC2)c2ncccc2c1. The minimum atomic E-state index is -2.60. The molecule has 2 heterocycles. The number of hydrogen-bond acceptors (Lipinski definition) is 3. The molecule has 0 unspecified atom stereocenters. The predicted octanol–water partition coefficient (Wildman–Crippen LogP) is 4.41. The first-order valence-electron chi connectivity index (χ1n) is 6.66. The molecule has 1 fully saturated rings. The summed E-state index contributed by atoms with van der Waals surface area (Å²) in [7, 11) is 0. The maximum absolute atomic E-state index is 13.3. The molecule has 0 saturated carbocycles. The standard InChI is InChI=1S/C14H13F2N5/c15-14(16)3-6-21(7-4-14)12-9-11(19-20-17)8-10-2-1-5-18-13(10)12/h1-2,5,8-9H,3-4,6-7H2. The van der Waals surface area contributed by atoms with Gasteiger partial charge in [0.2, 0.25) is 0 Å². The Kier molecular flexibility index (Phi) is 3.35. The number of pyridine rings is 1. The molecule has 0 amide bonds. The van der Waals surface area contributed by atoms with Crippen LogP contribution in [0.25, 0.3) is 21.3 Å². The molecule has 7 heteroatoms. The molecule has 0 aliphatic carbocycles. The molecular weight excluding hydrogens is 276 g/mol. The Morgan fingerprint density at radius 3 is 2.76 bits per heavy atom. The molecule has 108 valence electrons. The summed E-state index contributed by atoms with van der Waals surface area (Å²) in [5.74, 6) is -2.60. The molecule has 0 N–H and O–H groups in total. The summed E-state index contributed by atoms with van der Waals surface area (Å²) in [4.78, 5) is 9.00. The third-order valence-corrected chi connectivity index (χ3v) is 3.67. The van der Waals surface area contributed by atoms with E-state index in [0.29, 0.717) is 5.69 Å². The number of azide groups is 1. The van der Waals surface area contributed by atoms with Gasteiger partial charge in [-0.1, -0.05) is 11.2 Å². The van der Waals surface area contributed by atoms with Gasteiger partial charge in [-0.3, -0.25) is 4.98 Å². The van der Waals surface area contributed by atoms with Crippen LogP contribution in [0.1, 0.15) is 12.8 Å². The van der Waals surface area contributed by atoms with E-state index in [1.54, 1.807) is 24.4 Å². The summed E-state index contributed by atoms with van der Waals surface area (Å²) in [6.07, 6.45) is 1.32. The van der Waals surface area contributed by atoms with Gasteiger partial charge in [0.05, 0.1) is 11.2 Å². The number of anilines is 1. The molecule has 21 heavy (non-hydrogen) atoms. The van der Waals surface area contributed by atoms with Crippen molar-refractivity contribution in [2.45, 2.75) is 18.8 Å². The number of hydrogen-bond donors (Lipinski definition) is 0. The first-order chi connectivity index (χ1) is 10.1. The van der Waals surface area contributed by atoms with Crippen molar-refractivity contribution < 1.29 is 8.78 Å². The minimum absolute atomic E-state index is 0.174. The number of alkyl halides is 2. The van der Waals surface area contributed by atoms with Crippen molar-refractivity contribution in [3.05, 3.63) is 40.9 Å². The smallest absolute Gasteiger partial charge is 0.251 e. The number of piperidine rings is 1. The maximum atomic E-state index is 13.3. The molecule has 0 bridgehead atoms. The molecule has 3 rings (SSSR count). The van der Waals surface area contributed by atoms with Gasteiger partial charge in [0, 0.05) is 48.1 Å². The molecule has 1 aromatic carbocycles. The Bertz CT molecular complexity index is 714. The highest BCUT2D eigenvalue weighted by molar-refractivity contribution is 5.93. The van der Waals surface area contributed by atoms with E-state index in [-0.39, 0.29) is 25.9 Å². The molecule has 1 saturated heterocycles. The van der Waals surface area contributed by atoms with Gasteiger partial charge in [-0.25, -0.2) is 8.78 Å². The highest BCUT2D eigenvalue weighted by atomic mass is 19.3. The monoisotopic (exact) mass is 289 g/mol. The highest BCUT2D eigenvalue weighted by Gasteiger charge is 2.34. The van der Waals surface area contributed by atoms with Crippen LogP contribution in [-0.4, -0.2) is 24.0 Å². The lowest BCUT2D eigenvalue weighted by atomic mass is 10.0. The van der Waals surface area contributed by atoms with Crippen LogP contribution in [0.3, 0.4) is 0 Å². The van der Waals surface area contributed by atoms with E-state index in [1.807, 2.05) is 11.0 Å². The summed E-state index contributed by atoms with van der Waals surface area (Å²) in [6, 6.07) is 7.10. The van der Waals surface area contributed by atoms with E-state index in [4.69, 9.17) is 5.53 Å². The zero-order valence-corrected chi connectivity index (χ0v) is 11.2. The van der Waals surface area contributed by atoms with Crippen LogP contribution < -0.4 is 4.90 Å². The third-order valence-electron chi connectivity index (χ3n) is 3.67. The molecule has 0 radical (unpaired) electrons. The lowest BCUT2D eigenvalue weighted by Gasteiger charge is -2.33. The first kappa shape index (κ1) is 13.6. The fourth-order valence-electron chi connectivity index (χ4n) is 2.58. The Morgan fingerprint density at radius 2 is 2.05 bits per heavy atom. The zero-order chi connectivity index (χ0) is 14.9. The van der Waals surface area contributed by atoms with Crippen LogP contribution in [0.2, 0.25) is 0 Å². The van der Waals surface area contributed by atoms with Crippen molar-refractivity contribution in [1.82, 2.24) is 4.98 Å². The van der Waals surface area contributed by atoms with Crippen molar-refractivity contribution in [3.63, 3.8) is 0 Å².